The molecule has 3 nitrogen and oxygen atoms in total. The molecule has 2 rings (SSSR count). The van der Waals surface area contributed by atoms with Crippen LogP contribution in [0.3, 0.4) is 0 Å². The normalized spacial score (nSPS) is 29.2. The molecule has 0 aromatic heterocycles. The summed E-state index contributed by atoms with van der Waals surface area (Å²) in [5.74, 6) is 0.916. The lowest BCUT2D eigenvalue weighted by Gasteiger charge is -2.48. The second kappa shape index (κ2) is 5.10. The molecule has 1 aliphatic carbocycles. The number of hydrogen-bond acceptors (Lipinski definition) is 3. The first-order valence-electron chi connectivity index (χ1n) is 7.47. The van der Waals surface area contributed by atoms with Gasteiger partial charge in [-0.25, -0.2) is 0 Å². The Morgan fingerprint density at radius 2 is 1.72 bits per heavy atom. The van der Waals surface area contributed by atoms with E-state index in [9.17, 15) is 0 Å². The van der Waals surface area contributed by atoms with Gasteiger partial charge in [0, 0.05) is 25.7 Å². The van der Waals surface area contributed by atoms with E-state index < -0.39 is 0 Å². The van der Waals surface area contributed by atoms with Gasteiger partial charge in [-0.15, -0.1) is 0 Å². The SMILES string of the molecule is CCNC(CN1CC(C)(C)OC(C)(C)C1)C1CC1. The van der Waals surface area contributed by atoms with Gasteiger partial charge in [-0.2, -0.15) is 0 Å². The predicted octanol–water partition coefficient (Wildman–Crippen LogP) is 2.26. The third-order valence-electron chi connectivity index (χ3n) is 3.87. The minimum Gasteiger partial charge on any atom is -0.367 e. The quantitative estimate of drug-likeness (QED) is 0.814. The van der Waals surface area contributed by atoms with Crippen LogP contribution in [0.4, 0.5) is 0 Å². The fraction of sp³-hybridized carbons (Fsp3) is 1.00. The highest BCUT2D eigenvalue weighted by Gasteiger charge is 2.40. The van der Waals surface area contributed by atoms with Crippen LogP contribution in [0.25, 0.3) is 0 Å². The van der Waals surface area contributed by atoms with E-state index in [0.717, 1.165) is 25.6 Å². The maximum absolute atomic E-state index is 6.15. The van der Waals surface area contributed by atoms with Crippen molar-refractivity contribution < 1.29 is 4.74 Å². The highest BCUT2D eigenvalue weighted by atomic mass is 16.5. The molecule has 18 heavy (non-hydrogen) atoms. The Kier molecular flexibility index (Phi) is 4.05. The molecule has 1 saturated carbocycles. The molecule has 1 saturated heterocycles. The van der Waals surface area contributed by atoms with Crippen molar-refractivity contribution >= 4 is 0 Å². The largest absolute Gasteiger partial charge is 0.367 e. The molecule has 0 bridgehead atoms. The van der Waals surface area contributed by atoms with E-state index in [-0.39, 0.29) is 11.2 Å². The van der Waals surface area contributed by atoms with Crippen molar-refractivity contribution in [2.24, 2.45) is 5.92 Å². The summed E-state index contributed by atoms with van der Waals surface area (Å²) in [6.45, 7) is 15.4. The molecule has 1 atom stereocenters. The summed E-state index contributed by atoms with van der Waals surface area (Å²) < 4.78 is 6.15. The molecule has 2 fully saturated rings. The standard InChI is InChI=1S/C15H30N2O/c1-6-16-13(12-7-8-12)9-17-10-14(2,3)18-15(4,5)11-17/h12-13,16H,6-11H2,1-5H3. The monoisotopic (exact) mass is 254 g/mol. The second-order valence-electron chi connectivity index (χ2n) is 7.29. The van der Waals surface area contributed by atoms with Gasteiger partial charge in [0.25, 0.3) is 0 Å². The Morgan fingerprint density at radius 3 is 2.17 bits per heavy atom. The molecule has 106 valence electrons. The third-order valence-corrected chi connectivity index (χ3v) is 3.87. The second-order valence-corrected chi connectivity index (χ2v) is 7.29. The lowest BCUT2D eigenvalue weighted by Crippen LogP contribution is -2.59. The Morgan fingerprint density at radius 1 is 1.17 bits per heavy atom. The summed E-state index contributed by atoms with van der Waals surface area (Å²) in [6.07, 6.45) is 2.82. The topological polar surface area (TPSA) is 24.5 Å². The number of nitrogens with one attached hydrogen (secondary N) is 1. The van der Waals surface area contributed by atoms with Gasteiger partial charge in [0.15, 0.2) is 0 Å². The van der Waals surface area contributed by atoms with E-state index >= 15 is 0 Å². The van der Waals surface area contributed by atoms with E-state index in [1.807, 2.05) is 0 Å². The maximum Gasteiger partial charge on any atom is 0.0760 e. The van der Waals surface area contributed by atoms with E-state index in [1.165, 1.54) is 19.4 Å². The maximum atomic E-state index is 6.15. The van der Waals surface area contributed by atoms with Crippen LogP contribution in [-0.4, -0.2) is 48.3 Å². The van der Waals surface area contributed by atoms with E-state index in [1.54, 1.807) is 0 Å². The summed E-state index contributed by atoms with van der Waals surface area (Å²) in [4.78, 5) is 2.59. The summed E-state index contributed by atoms with van der Waals surface area (Å²) in [5, 5.41) is 3.66. The van der Waals surface area contributed by atoms with Gasteiger partial charge in [0.05, 0.1) is 11.2 Å². The van der Waals surface area contributed by atoms with E-state index in [2.05, 4.69) is 44.8 Å². The molecule has 0 aromatic carbocycles. The average Bonchev–Trinajstić information content (AvgIpc) is 2.94. The van der Waals surface area contributed by atoms with Gasteiger partial charge in [-0.3, -0.25) is 4.90 Å². The predicted molar refractivity (Wildman–Crippen MR) is 75.9 cm³/mol. The first-order chi connectivity index (χ1) is 8.31. The summed E-state index contributed by atoms with van der Waals surface area (Å²) >= 11 is 0. The van der Waals surface area contributed by atoms with Crippen LogP contribution in [-0.2, 0) is 4.74 Å². The van der Waals surface area contributed by atoms with Gasteiger partial charge >= 0.3 is 0 Å². The van der Waals surface area contributed by atoms with Gasteiger partial charge in [0.1, 0.15) is 0 Å². The molecule has 2 aliphatic rings. The van der Waals surface area contributed by atoms with Gasteiger partial charge in [-0.1, -0.05) is 6.92 Å². The highest BCUT2D eigenvalue weighted by Crippen LogP contribution is 2.34. The van der Waals surface area contributed by atoms with E-state index in [0.29, 0.717) is 6.04 Å². The highest BCUT2D eigenvalue weighted by molar-refractivity contribution is 4.94. The summed E-state index contributed by atoms with van der Waals surface area (Å²) in [6, 6.07) is 0.680. The molecular formula is C15H30N2O. The fourth-order valence-electron chi connectivity index (χ4n) is 3.49. The van der Waals surface area contributed by atoms with Crippen molar-refractivity contribution in [3.05, 3.63) is 0 Å². The first kappa shape index (κ1) is 14.3. The van der Waals surface area contributed by atoms with Gasteiger partial charge < -0.3 is 10.1 Å². The fourth-order valence-corrected chi connectivity index (χ4v) is 3.49. The Hall–Kier alpha value is -0.120. The minimum absolute atomic E-state index is 0.0257. The summed E-state index contributed by atoms with van der Waals surface area (Å²) in [7, 11) is 0. The first-order valence-corrected chi connectivity index (χ1v) is 7.47. The molecule has 1 unspecified atom stereocenters. The van der Waals surface area contributed by atoms with Crippen LogP contribution < -0.4 is 5.32 Å². The Bertz CT molecular complexity index is 268. The Balaban J connectivity index is 1.94. The van der Waals surface area contributed by atoms with Crippen LogP contribution >= 0.6 is 0 Å². The van der Waals surface area contributed by atoms with Crippen LogP contribution in [0.1, 0.15) is 47.5 Å². The van der Waals surface area contributed by atoms with Crippen molar-refractivity contribution in [2.75, 3.05) is 26.2 Å². The molecule has 1 heterocycles. The van der Waals surface area contributed by atoms with Crippen molar-refractivity contribution in [3.63, 3.8) is 0 Å². The van der Waals surface area contributed by atoms with Gasteiger partial charge in [-0.05, 0) is 53.0 Å². The zero-order valence-corrected chi connectivity index (χ0v) is 12.8. The van der Waals surface area contributed by atoms with Crippen LogP contribution in [0.2, 0.25) is 0 Å². The van der Waals surface area contributed by atoms with Crippen LogP contribution in [0.15, 0.2) is 0 Å². The molecule has 0 aromatic rings. The van der Waals surface area contributed by atoms with Crippen molar-refractivity contribution in [3.8, 4) is 0 Å². The van der Waals surface area contributed by atoms with Crippen molar-refractivity contribution in [1.29, 1.82) is 0 Å². The molecule has 3 heteroatoms. The number of likely N-dealkylation sites (N-methyl/N-ethyl adjacent to an activating group) is 1. The zero-order valence-electron chi connectivity index (χ0n) is 12.8. The molecule has 0 spiro atoms. The third kappa shape index (κ3) is 3.94. The van der Waals surface area contributed by atoms with E-state index in [4.69, 9.17) is 4.74 Å². The zero-order chi connectivity index (χ0) is 13.4. The number of ether oxygens (including phenoxy) is 1. The van der Waals surface area contributed by atoms with Gasteiger partial charge in [0.2, 0.25) is 0 Å². The lowest BCUT2D eigenvalue weighted by atomic mass is 9.98. The number of hydrogen-bond donors (Lipinski definition) is 1. The average molecular weight is 254 g/mol. The molecule has 0 amide bonds. The molecule has 1 aliphatic heterocycles. The molecule has 1 N–H and O–H groups in total. The minimum atomic E-state index is -0.0257. The smallest absolute Gasteiger partial charge is 0.0760 e. The Labute approximate surface area is 112 Å². The number of rotatable bonds is 5. The molecule has 0 radical (unpaired) electrons. The van der Waals surface area contributed by atoms with Crippen molar-refractivity contribution in [2.45, 2.75) is 64.7 Å². The number of morpholine rings is 1. The van der Waals surface area contributed by atoms with Crippen molar-refractivity contribution in [1.82, 2.24) is 10.2 Å². The summed E-state index contributed by atoms with van der Waals surface area (Å²) in [5.41, 5.74) is -0.0515. The van der Waals surface area contributed by atoms with Crippen LogP contribution in [0.5, 0.6) is 0 Å². The number of nitrogens with zero attached hydrogens (tertiary/aromatic N) is 1. The lowest BCUT2D eigenvalue weighted by molar-refractivity contribution is -0.181. The molecular weight excluding hydrogens is 224 g/mol. The van der Waals surface area contributed by atoms with Crippen LogP contribution in [0, 0.1) is 5.92 Å².